The first kappa shape index (κ1) is 14.3. The van der Waals surface area contributed by atoms with E-state index in [-0.39, 0.29) is 11.9 Å². The van der Waals surface area contributed by atoms with Crippen molar-refractivity contribution in [3.8, 4) is 6.07 Å². The Balaban J connectivity index is 2.07. The number of piperidine rings is 1. The van der Waals surface area contributed by atoms with E-state index >= 15 is 0 Å². The van der Waals surface area contributed by atoms with Gasteiger partial charge in [-0.2, -0.15) is 5.26 Å². The van der Waals surface area contributed by atoms with Crippen LogP contribution in [0.25, 0.3) is 10.9 Å². The third kappa shape index (κ3) is 2.48. The standard InChI is InChI=1S/C17H18N4O/c1-11-7-13(10-21(9-11)17(19)22)14-5-4-12(8-18)16-15(14)3-2-6-20-16/h2-6,11,13H,7,9-10H2,1H3,(H2,19,22)/t11-,13+/m1/s1. The van der Waals surface area contributed by atoms with Gasteiger partial charge in [-0.25, -0.2) is 4.79 Å². The van der Waals surface area contributed by atoms with Crippen LogP contribution in [0.1, 0.15) is 30.4 Å². The number of amides is 2. The van der Waals surface area contributed by atoms with Gasteiger partial charge in [-0.3, -0.25) is 4.98 Å². The molecule has 2 atom stereocenters. The van der Waals surface area contributed by atoms with Crippen LogP contribution in [0.15, 0.2) is 30.5 Å². The predicted molar refractivity (Wildman–Crippen MR) is 84.1 cm³/mol. The normalized spacial score (nSPS) is 21.5. The number of aromatic nitrogens is 1. The number of primary amides is 1. The lowest BCUT2D eigenvalue weighted by atomic mass is 9.83. The molecule has 1 aliphatic rings. The Labute approximate surface area is 129 Å². The second kappa shape index (κ2) is 5.64. The zero-order valence-corrected chi connectivity index (χ0v) is 12.5. The quantitative estimate of drug-likeness (QED) is 0.877. The summed E-state index contributed by atoms with van der Waals surface area (Å²) in [5.74, 6) is 0.615. The van der Waals surface area contributed by atoms with Gasteiger partial charge in [0.1, 0.15) is 6.07 Å². The van der Waals surface area contributed by atoms with Gasteiger partial charge in [0.25, 0.3) is 0 Å². The fraction of sp³-hybridized carbons (Fsp3) is 0.353. The number of nitriles is 1. The molecule has 1 aromatic carbocycles. The highest BCUT2D eigenvalue weighted by Gasteiger charge is 2.29. The van der Waals surface area contributed by atoms with E-state index < -0.39 is 0 Å². The van der Waals surface area contributed by atoms with E-state index in [1.807, 2.05) is 24.3 Å². The number of benzene rings is 1. The molecule has 22 heavy (non-hydrogen) atoms. The monoisotopic (exact) mass is 294 g/mol. The van der Waals surface area contributed by atoms with E-state index in [2.05, 4.69) is 18.0 Å². The van der Waals surface area contributed by atoms with Crippen molar-refractivity contribution >= 4 is 16.9 Å². The topological polar surface area (TPSA) is 83.0 Å². The van der Waals surface area contributed by atoms with Gasteiger partial charge in [0.2, 0.25) is 0 Å². The highest BCUT2D eigenvalue weighted by Crippen LogP contribution is 2.34. The third-order valence-corrected chi connectivity index (χ3v) is 4.34. The summed E-state index contributed by atoms with van der Waals surface area (Å²) >= 11 is 0. The largest absolute Gasteiger partial charge is 0.351 e. The first-order valence-corrected chi connectivity index (χ1v) is 7.42. The summed E-state index contributed by atoms with van der Waals surface area (Å²) in [6, 6.07) is 9.50. The molecule has 5 heteroatoms. The Bertz CT molecular complexity index is 765. The maximum atomic E-state index is 11.5. The SMILES string of the molecule is C[C@@H]1C[C@H](c2ccc(C#N)c3ncccc23)CN(C(N)=O)C1. The molecule has 3 rings (SSSR count). The maximum Gasteiger partial charge on any atom is 0.314 e. The number of urea groups is 1. The Morgan fingerprint density at radius 3 is 2.95 bits per heavy atom. The van der Waals surface area contributed by atoms with Crippen LogP contribution in [-0.4, -0.2) is 29.0 Å². The average Bonchev–Trinajstić information content (AvgIpc) is 2.53. The molecule has 0 aliphatic carbocycles. The highest BCUT2D eigenvalue weighted by atomic mass is 16.2. The summed E-state index contributed by atoms with van der Waals surface area (Å²) in [6.45, 7) is 3.46. The summed E-state index contributed by atoms with van der Waals surface area (Å²) in [5.41, 5.74) is 7.91. The predicted octanol–water partition coefficient (Wildman–Crippen LogP) is 2.61. The molecule has 0 spiro atoms. The first-order chi connectivity index (χ1) is 10.6. The molecule has 2 heterocycles. The molecule has 1 fully saturated rings. The van der Waals surface area contributed by atoms with Crippen molar-refractivity contribution in [3.05, 3.63) is 41.6 Å². The number of carbonyl (C=O) groups is 1. The molecular formula is C17H18N4O. The van der Waals surface area contributed by atoms with Crippen molar-refractivity contribution in [1.29, 1.82) is 5.26 Å². The number of hydrogen-bond donors (Lipinski definition) is 1. The average molecular weight is 294 g/mol. The summed E-state index contributed by atoms with van der Waals surface area (Å²) in [6.07, 6.45) is 2.70. The minimum atomic E-state index is -0.368. The molecule has 0 unspecified atom stereocenters. The molecule has 0 saturated carbocycles. The summed E-state index contributed by atoms with van der Waals surface area (Å²) < 4.78 is 0. The van der Waals surface area contributed by atoms with Gasteiger partial charge in [-0.15, -0.1) is 0 Å². The fourth-order valence-electron chi connectivity index (χ4n) is 3.40. The van der Waals surface area contributed by atoms with E-state index in [0.29, 0.717) is 24.6 Å². The van der Waals surface area contributed by atoms with Gasteiger partial charge in [0, 0.05) is 30.6 Å². The van der Waals surface area contributed by atoms with Crippen LogP contribution in [0.3, 0.4) is 0 Å². The van der Waals surface area contributed by atoms with E-state index in [4.69, 9.17) is 5.73 Å². The minimum absolute atomic E-state index is 0.218. The molecule has 1 aliphatic heterocycles. The molecular weight excluding hydrogens is 276 g/mol. The molecule has 5 nitrogen and oxygen atoms in total. The Kier molecular flexibility index (Phi) is 3.68. The number of pyridine rings is 1. The van der Waals surface area contributed by atoms with Crippen LogP contribution in [-0.2, 0) is 0 Å². The Morgan fingerprint density at radius 1 is 1.41 bits per heavy atom. The van der Waals surface area contributed by atoms with Crippen LogP contribution in [0.2, 0.25) is 0 Å². The molecule has 0 radical (unpaired) electrons. The molecule has 0 bridgehead atoms. The second-order valence-electron chi connectivity index (χ2n) is 5.99. The third-order valence-electron chi connectivity index (χ3n) is 4.34. The lowest BCUT2D eigenvalue weighted by molar-refractivity contribution is 0.168. The zero-order valence-electron chi connectivity index (χ0n) is 12.5. The van der Waals surface area contributed by atoms with Crippen molar-refractivity contribution in [2.24, 2.45) is 11.7 Å². The Hall–Kier alpha value is -2.61. The van der Waals surface area contributed by atoms with Gasteiger partial charge in [0.05, 0.1) is 11.1 Å². The van der Waals surface area contributed by atoms with E-state index in [9.17, 15) is 10.1 Å². The zero-order chi connectivity index (χ0) is 15.7. The molecule has 112 valence electrons. The number of nitrogens with zero attached hydrogens (tertiary/aromatic N) is 3. The smallest absolute Gasteiger partial charge is 0.314 e. The van der Waals surface area contributed by atoms with Crippen LogP contribution >= 0.6 is 0 Å². The Morgan fingerprint density at radius 2 is 2.23 bits per heavy atom. The van der Waals surface area contributed by atoms with Crippen LogP contribution in [0, 0.1) is 17.2 Å². The minimum Gasteiger partial charge on any atom is -0.351 e. The van der Waals surface area contributed by atoms with Crippen molar-refractivity contribution < 1.29 is 4.79 Å². The number of carbonyl (C=O) groups excluding carboxylic acids is 1. The van der Waals surface area contributed by atoms with Crippen molar-refractivity contribution in [3.63, 3.8) is 0 Å². The summed E-state index contributed by atoms with van der Waals surface area (Å²) in [7, 11) is 0. The first-order valence-electron chi connectivity index (χ1n) is 7.42. The fourth-order valence-corrected chi connectivity index (χ4v) is 3.40. The van der Waals surface area contributed by atoms with E-state index in [1.165, 1.54) is 0 Å². The number of nitrogens with two attached hydrogens (primary N) is 1. The highest BCUT2D eigenvalue weighted by molar-refractivity contribution is 5.87. The summed E-state index contributed by atoms with van der Waals surface area (Å²) in [4.78, 5) is 17.6. The van der Waals surface area contributed by atoms with Crippen molar-refractivity contribution in [2.45, 2.75) is 19.3 Å². The van der Waals surface area contributed by atoms with Gasteiger partial charge in [0.15, 0.2) is 0 Å². The molecule has 2 N–H and O–H groups in total. The number of hydrogen-bond acceptors (Lipinski definition) is 3. The second-order valence-corrected chi connectivity index (χ2v) is 5.99. The molecule has 1 aromatic heterocycles. The lowest BCUT2D eigenvalue weighted by Crippen LogP contribution is -2.45. The number of likely N-dealkylation sites (tertiary alicyclic amines) is 1. The lowest BCUT2D eigenvalue weighted by Gasteiger charge is -2.36. The summed E-state index contributed by atoms with van der Waals surface area (Å²) in [5, 5.41) is 10.2. The van der Waals surface area contributed by atoms with Crippen LogP contribution < -0.4 is 5.73 Å². The molecule has 2 aromatic rings. The molecule has 1 saturated heterocycles. The van der Waals surface area contributed by atoms with Crippen LogP contribution in [0.5, 0.6) is 0 Å². The van der Waals surface area contributed by atoms with Gasteiger partial charge < -0.3 is 10.6 Å². The van der Waals surface area contributed by atoms with Gasteiger partial charge in [-0.05, 0) is 30.0 Å². The van der Waals surface area contributed by atoms with Crippen LogP contribution in [0.4, 0.5) is 4.79 Å². The van der Waals surface area contributed by atoms with E-state index in [0.717, 1.165) is 22.9 Å². The number of fused-ring (bicyclic) bond motifs is 1. The van der Waals surface area contributed by atoms with Crippen molar-refractivity contribution in [2.75, 3.05) is 13.1 Å². The van der Waals surface area contributed by atoms with Gasteiger partial charge >= 0.3 is 6.03 Å². The van der Waals surface area contributed by atoms with Gasteiger partial charge in [-0.1, -0.05) is 19.1 Å². The number of rotatable bonds is 1. The van der Waals surface area contributed by atoms with E-state index in [1.54, 1.807) is 11.1 Å². The van der Waals surface area contributed by atoms with Crippen molar-refractivity contribution in [1.82, 2.24) is 9.88 Å². The maximum absolute atomic E-state index is 11.5. The molecule has 2 amide bonds.